The third-order valence-corrected chi connectivity index (χ3v) is 2.25. The molecule has 0 saturated heterocycles. The molecule has 3 heteroatoms. The van der Waals surface area contributed by atoms with Gasteiger partial charge in [-0.3, -0.25) is 4.98 Å². The second-order valence-electron chi connectivity index (χ2n) is 4.19. The smallest absolute Gasteiger partial charge is 0.0397 e. The Morgan fingerprint density at radius 3 is 2.53 bits per heavy atom. The minimum Gasteiger partial charge on any atom is -0.371 e. The van der Waals surface area contributed by atoms with Crippen molar-refractivity contribution in [1.82, 2.24) is 4.98 Å². The quantitative estimate of drug-likeness (QED) is 0.774. The van der Waals surface area contributed by atoms with Gasteiger partial charge in [0.15, 0.2) is 0 Å². The molecule has 2 N–H and O–H groups in total. The number of nitrogens with two attached hydrogens (primary N) is 1. The first kappa shape index (κ1) is 12.0. The molecule has 0 radical (unpaired) electrons. The van der Waals surface area contributed by atoms with Gasteiger partial charge < -0.3 is 10.6 Å². The standard InChI is InChI=1S/C12H21N3/c1-11(2)10-15(9-3-6-13)12-4-7-14-8-5-12/h4-5,7-8,11H,3,6,9-10,13H2,1-2H3. The average Bonchev–Trinajstić information content (AvgIpc) is 2.25. The van der Waals surface area contributed by atoms with Crippen LogP contribution in [-0.2, 0) is 0 Å². The number of hydrogen-bond acceptors (Lipinski definition) is 3. The van der Waals surface area contributed by atoms with Gasteiger partial charge in [0.05, 0.1) is 0 Å². The van der Waals surface area contributed by atoms with E-state index in [0.717, 1.165) is 26.1 Å². The summed E-state index contributed by atoms with van der Waals surface area (Å²) in [6, 6.07) is 4.11. The number of pyridine rings is 1. The van der Waals surface area contributed by atoms with Crippen LogP contribution in [0.25, 0.3) is 0 Å². The zero-order valence-corrected chi connectivity index (χ0v) is 9.69. The first-order chi connectivity index (χ1) is 7.24. The van der Waals surface area contributed by atoms with Gasteiger partial charge >= 0.3 is 0 Å². The molecule has 0 bridgehead atoms. The number of nitrogens with zero attached hydrogens (tertiary/aromatic N) is 2. The summed E-state index contributed by atoms with van der Waals surface area (Å²) in [5.74, 6) is 0.663. The Bertz CT molecular complexity index is 259. The fraction of sp³-hybridized carbons (Fsp3) is 0.583. The van der Waals surface area contributed by atoms with Gasteiger partial charge in [0.2, 0.25) is 0 Å². The lowest BCUT2D eigenvalue weighted by molar-refractivity contribution is 0.600. The van der Waals surface area contributed by atoms with Gasteiger partial charge in [-0.15, -0.1) is 0 Å². The molecule has 84 valence electrons. The molecule has 0 fully saturated rings. The van der Waals surface area contributed by atoms with Crippen LogP contribution < -0.4 is 10.6 Å². The van der Waals surface area contributed by atoms with Crippen LogP contribution in [0.1, 0.15) is 20.3 Å². The van der Waals surface area contributed by atoms with Gasteiger partial charge in [-0.1, -0.05) is 13.8 Å². The molecule has 1 aromatic rings. The first-order valence-electron chi connectivity index (χ1n) is 5.59. The summed E-state index contributed by atoms with van der Waals surface area (Å²) < 4.78 is 0. The second kappa shape index (κ2) is 6.40. The highest BCUT2D eigenvalue weighted by atomic mass is 15.1. The Labute approximate surface area is 92.3 Å². The van der Waals surface area contributed by atoms with E-state index in [1.54, 1.807) is 0 Å². The molecule has 3 nitrogen and oxygen atoms in total. The van der Waals surface area contributed by atoms with Gasteiger partial charge in [0.25, 0.3) is 0 Å². The van der Waals surface area contributed by atoms with E-state index in [-0.39, 0.29) is 0 Å². The lowest BCUT2D eigenvalue weighted by Gasteiger charge is -2.26. The second-order valence-corrected chi connectivity index (χ2v) is 4.19. The Morgan fingerprint density at radius 1 is 1.33 bits per heavy atom. The summed E-state index contributed by atoms with van der Waals surface area (Å²) in [4.78, 5) is 6.41. The van der Waals surface area contributed by atoms with Crippen LogP contribution in [0.4, 0.5) is 5.69 Å². The summed E-state index contributed by atoms with van der Waals surface area (Å²) in [5, 5.41) is 0. The predicted molar refractivity (Wildman–Crippen MR) is 65.0 cm³/mol. The van der Waals surface area contributed by atoms with Gasteiger partial charge in [-0.05, 0) is 31.0 Å². The summed E-state index contributed by atoms with van der Waals surface area (Å²) in [7, 11) is 0. The summed E-state index contributed by atoms with van der Waals surface area (Å²) in [6.07, 6.45) is 4.71. The van der Waals surface area contributed by atoms with Gasteiger partial charge in [0, 0.05) is 31.2 Å². The van der Waals surface area contributed by atoms with Crippen molar-refractivity contribution < 1.29 is 0 Å². The van der Waals surface area contributed by atoms with Crippen molar-refractivity contribution in [1.29, 1.82) is 0 Å². The third-order valence-electron chi connectivity index (χ3n) is 2.25. The molecule has 0 amide bonds. The normalized spacial score (nSPS) is 10.7. The molecule has 0 saturated carbocycles. The molecule has 1 rings (SSSR count). The highest BCUT2D eigenvalue weighted by Gasteiger charge is 2.07. The zero-order valence-electron chi connectivity index (χ0n) is 9.69. The van der Waals surface area contributed by atoms with Gasteiger partial charge in [-0.25, -0.2) is 0 Å². The molecule has 1 heterocycles. The molecule has 0 atom stereocenters. The van der Waals surface area contributed by atoms with Crippen LogP contribution in [-0.4, -0.2) is 24.6 Å². The maximum Gasteiger partial charge on any atom is 0.0397 e. The Morgan fingerprint density at radius 2 is 2.00 bits per heavy atom. The molecule has 1 aromatic heterocycles. The molecule has 15 heavy (non-hydrogen) atoms. The number of anilines is 1. The molecular formula is C12H21N3. The van der Waals surface area contributed by atoms with E-state index in [2.05, 4.69) is 35.9 Å². The minimum absolute atomic E-state index is 0.663. The maximum atomic E-state index is 5.55. The topological polar surface area (TPSA) is 42.1 Å². The van der Waals surface area contributed by atoms with E-state index in [9.17, 15) is 0 Å². The third kappa shape index (κ3) is 4.30. The van der Waals surface area contributed by atoms with E-state index in [4.69, 9.17) is 5.73 Å². The highest BCUT2D eigenvalue weighted by molar-refractivity contribution is 5.44. The number of aromatic nitrogens is 1. The summed E-state index contributed by atoms with van der Waals surface area (Å²) >= 11 is 0. The van der Waals surface area contributed by atoms with Crippen molar-refractivity contribution in [3.8, 4) is 0 Å². The van der Waals surface area contributed by atoms with Gasteiger partial charge in [0.1, 0.15) is 0 Å². The van der Waals surface area contributed by atoms with Crippen molar-refractivity contribution in [3.05, 3.63) is 24.5 Å². The van der Waals surface area contributed by atoms with Crippen molar-refractivity contribution in [3.63, 3.8) is 0 Å². The van der Waals surface area contributed by atoms with E-state index in [1.807, 2.05) is 12.4 Å². The Balaban J connectivity index is 2.63. The van der Waals surface area contributed by atoms with Crippen LogP contribution in [0.5, 0.6) is 0 Å². The molecule has 0 aromatic carbocycles. The summed E-state index contributed by atoms with van der Waals surface area (Å²) in [6.45, 7) is 7.32. The summed E-state index contributed by atoms with van der Waals surface area (Å²) in [5.41, 5.74) is 6.79. The van der Waals surface area contributed by atoms with E-state index < -0.39 is 0 Å². The van der Waals surface area contributed by atoms with Crippen molar-refractivity contribution in [2.24, 2.45) is 11.7 Å². The van der Waals surface area contributed by atoms with Gasteiger partial charge in [-0.2, -0.15) is 0 Å². The van der Waals surface area contributed by atoms with E-state index in [1.165, 1.54) is 5.69 Å². The molecule has 0 spiro atoms. The monoisotopic (exact) mass is 207 g/mol. The SMILES string of the molecule is CC(C)CN(CCCN)c1ccncc1. The Hall–Kier alpha value is -1.09. The van der Waals surface area contributed by atoms with Crippen LogP contribution >= 0.6 is 0 Å². The first-order valence-corrected chi connectivity index (χ1v) is 5.59. The number of rotatable bonds is 6. The predicted octanol–water partition coefficient (Wildman–Crippen LogP) is 1.89. The molecular weight excluding hydrogens is 186 g/mol. The Kier molecular flexibility index (Phi) is 5.12. The van der Waals surface area contributed by atoms with Crippen LogP contribution in [0, 0.1) is 5.92 Å². The van der Waals surface area contributed by atoms with Crippen molar-refractivity contribution in [2.75, 3.05) is 24.5 Å². The molecule has 0 aliphatic heterocycles. The number of hydrogen-bond donors (Lipinski definition) is 1. The fourth-order valence-corrected chi connectivity index (χ4v) is 1.60. The van der Waals surface area contributed by atoms with Crippen LogP contribution in [0.15, 0.2) is 24.5 Å². The minimum atomic E-state index is 0.663. The molecule has 0 aliphatic rings. The zero-order chi connectivity index (χ0) is 11.1. The van der Waals surface area contributed by atoms with E-state index in [0.29, 0.717) is 5.92 Å². The average molecular weight is 207 g/mol. The highest BCUT2D eigenvalue weighted by Crippen LogP contribution is 2.14. The van der Waals surface area contributed by atoms with Crippen LogP contribution in [0.2, 0.25) is 0 Å². The lowest BCUT2D eigenvalue weighted by atomic mass is 10.2. The van der Waals surface area contributed by atoms with Crippen molar-refractivity contribution >= 4 is 5.69 Å². The van der Waals surface area contributed by atoms with Crippen LogP contribution in [0.3, 0.4) is 0 Å². The van der Waals surface area contributed by atoms with Crippen molar-refractivity contribution in [2.45, 2.75) is 20.3 Å². The van der Waals surface area contributed by atoms with E-state index >= 15 is 0 Å². The largest absolute Gasteiger partial charge is 0.371 e. The lowest BCUT2D eigenvalue weighted by Crippen LogP contribution is -2.29. The maximum absolute atomic E-state index is 5.55. The molecule has 0 unspecified atom stereocenters. The fourth-order valence-electron chi connectivity index (χ4n) is 1.60. The molecule has 0 aliphatic carbocycles.